The monoisotopic (exact) mass is 550 g/mol. The Morgan fingerprint density at radius 2 is 1.94 bits per heavy atom. The molecule has 2 aliphatic rings. The van der Waals surface area contributed by atoms with Gasteiger partial charge in [0.25, 0.3) is 5.69 Å². The molecule has 3 aromatic carbocycles. The highest BCUT2D eigenvalue weighted by molar-refractivity contribution is 9.10. The third kappa shape index (κ3) is 3.96. The van der Waals surface area contributed by atoms with Crippen molar-refractivity contribution in [1.82, 2.24) is 4.98 Å². The number of halogens is 2. The number of benzene rings is 3. The Morgan fingerprint density at radius 1 is 1.11 bits per heavy atom. The summed E-state index contributed by atoms with van der Waals surface area (Å²) >= 11 is 9.89. The van der Waals surface area contributed by atoms with Crippen molar-refractivity contribution >= 4 is 44.6 Å². The Kier molecular flexibility index (Phi) is 5.49. The maximum atomic E-state index is 12.4. The van der Waals surface area contributed by atoms with E-state index in [2.05, 4.69) is 20.9 Å². The number of oxazole rings is 1. The van der Waals surface area contributed by atoms with Crippen molar-refractivity contribution in [1.29, 1.82) is 0 Å². The van der Waals surface area contributed by atoms with E-state index in [0.717, 1.165) is 26.7 Å². The maximum absolute atomic E-state index is 12.4. The summed E-state index contributed by atoms with van der Waals surface area (Å²) in [4.78, 5) is 16.4. The zero-order valence-electron chi connectivity index (χ0n) is 18.0. The summed E-state index contributed by atoms with van der Waals surface area (Å²) < 4.78 is 12.7. The van der Waals surface area contributed by atoms with Crippen molar-refractivity contribution in [2.24, 2.45) is 5.10 Å². The molecule has 0 spiro atoms. The quantitative estimate of drug-likeness (QED) is 0.193. The van der Waals surface area contributed by atoms with Crippen molar-refractivity contribution in [2.45, 2.75) is 12.3 Å². The average Bonchev–Trinajstić information content (AvgIpc) is 3.48. The van der Waals surface area contributed by atoms with Crippen LogP contribution in [0.2, 0.25) is 5.02 Å². The maximum Gasteiger partial charge on any atom is 0.279 e. The van der Waals surface area contributed by atoms with Crippen LogP contribution in [0, 0.1) is 4.91 Å². The van der Waals surface area contributed by atoms with E-state index >= 15 is 0 Å². The number of fused-ring (bicyclic) bond motifs is 3. The molecule has 0 radical (unpaired) electrons. The Balaban J connectivity index is 1.57. The minimum atomic E-state index is -0.958. The summed E-state index contributed by atoms with van der Waals surface area (Å²) in [6.07, 6.45) is 2.32. The Morgan fingerprint density at radius 3 is 2.74 bits per heavy atom. The molecule has 6 rings (SSSR count). The lowest BCUT2D eigenvalue weighted by Gasteiger charge is -2.19. The van der Waals surface area contributed by atoms with E-state index in [0.29, 0.717) is 26.9 Å². The first kappa shape index (κ1) is 22.1. The number of nitrogens with zero attached hydrogens (tertiary/aromatic N) is 4. The lowest BCUT2D eigenvalue weighted by molar-refractivity contribution is -0.639. The summed E-state index contributed by atoms with van der Waals surface area (Å²) in [5.41, 5.74) is 4.75. The molecule has 0 saturated carbocycles. The molecule has 35 heavy (non-hydrogen) atoms. The topological polar surface area (TPSA) is 97.3 Å². The second-order valence-electron chi connectivity index (χ2n) is 8.06. The van der Waals surface area contributed by atoms with Crippen LogP contribution in [-0.4, -0.2) is 28.4 Å². The number of anilines is 1. The minimum Gasteiger partial charge on any atom is -0.797 e. The number of hydrazone groups is 1. The highest BCUT2D eigenvalue weighted by Crippen LogP contribution is 2.49. The van der Waals surface area contributed by atoms with Gasteiger partial charge in [0.15, 0.2) is 18.4 Å². The molecule has 1 aromatic heterocycles. The number of hydrogen-bond donors (Lipinski definition) is 0. The molecule has 1 saturated heterocycles. The second kappa shape index (κ2) is 8.69. The van der Waals surface area contributed by atoms with Gasteiger partial charge >= 0.3 is 0 Å². The van der Waals surface area contributed by atoms with Gasteiger partial charge in [-0.25, -0.2) is 9.99 Å². The summed E-state index contributed by atoms with van der Waals surface area (Å²) in [5, 5.41) is 18.5. The standard InChI is InChI=1S/C25H16BrClN4O4/c26-16-8-14(22-11-28-12-34-22)7-15(9-16)23-18-3-1-2-4-19(18)24-25(35-24)31(29-23)21-10-17(27)5-6-20(21)30(33)13-32/h1-12,24-25H,13H2. The molecule has 1 fully saturated rings. The molecule has 2 aliphatic heterocycles. The fourth-order valence-electron chi connectivity index (χ4n) is 4.29. The van der Waals surface area contributed by atoms with E-state index in [1.807, 2.05) is 42.5 Å². The third-order valence-electron chi connectivity index (χ3n) is 5.90. The predicted molar refractivity (Wildman–Crippen MR) is 131 cm³/mol. The van der Waals surface area contributed by atoms with Gasteiger partial charge < -0.3 is 14.3 Å². The lowest BCUT2D eigenvalue weighted by Crippen LogP contribution is -2.25. The van der Waals surface area contributed by atoms with Crippen LogP contribution in [0.3, 0.4) is 0 Å². The van der Waals surface area contributed by atoms with Gasteiger partial charge in [-0.3, -0.25) is 0 Å². The summed E-state index contributed by atoms with van der Waals surface area (Å²) in [6.45, 7) is -0.958. The van der Waals surface area contributed by atoms with E-state index < -0.39 is 13.0 Å². The van der Waals surface area contributed by atoms with E-state index in [9.17, 15) is 10.0 Å². The molecule has 174 valence electrons. The van der Waals surface area contributed by atoms with Gasteiger partial charge in [-0.15, -0.1) is 0 Å². The van der Waals surface area contributed by atoms with E-state index in [-0.39, 0.29) is 11.8 Å². The SMILES string of the molecule is O=[N+](C[O-])c1ccc(Cl)cc1N1N=C(c2cc(Br)cc(-c3cnco3)c2)c2ccccc2C2OC21. The van der Waals surface area contributed by atoms with Crippen molar-refractivity contribution in [3.05, 3.63) is 104 Å². The van der Waals surface area contributed by atoms with Gasteiger partial charge in [0.1, 0.15) is 18.5 Å². The van der Waals surface area contributed by atoms with Crippen LogP contribution in [-0.2, 0) is 4.74 Å². The van der Waals surface area contributed by atoms with Crippen molar-refractivity contribution in [3.8, 4) is 11.3 Å². The molecule has 10 heteroatoms. The number of hydrogen-bond acceptors (Lipinski definition) is 7. The summed E-state index contributed by atoms with van der Waals surface area (Å²) in [7, 11) is 0. The van der Waals surface area contributed by atoms with Gasteiger partial charge in [0.2, 0.25) is 0 Å². The van der Waals surface area contributed by atoms with Crippen LogP contribution in [0.15, 0.2) is 87.2 Å². The molecule has 0 bridgehead atoms. The van der Waals surface area contributed by atoms with Crippen LogP contribution < -0.4 is 10.1 Å². The first-order valence-electron chi connectivity index (χ1n) is 10.7. The average molecular weight is 552 g/mol. The lowest BCUT2D eigenvalue weighted by atomic mass is 9.95. The van der Waals surface area contributed by atoms with Crippen LogP contribution in [0.1, 0.15) is 22.8 Å². The second-order valence-corrected chi connectivity index (χ2v) is 9.41. The molecule has 0 N–H and O–H groups in total. The van der Waals surface area contributed by atoms with Crippen LogP contribution >= 0.6 is 27.5 Å². The van der Waals surface area contributed by atoms with E-state index in [4.69, 9.17) is 25.9 Å². The highest BCUT2D eigenvalue weighted by Gasteiger charge is 2.50. The van der Waals surface area contributed by atoms with Gasteiger partial charge in [0, 0.05) is 41.9 Å². The predicted octanol–water partition coefficient (Wildman–Crippen LogP) is 5.16. The van der Waals surface area contributed by atoms with Gasteiger partial charge in [-0.05, 0) is 35.9 Å². The van der Waals surface area contributed by atoms with Crippen LogP contribution in [0.5, 0.6) is 0 Å². The number of rotatable bonds is 5. The van der Waals surface area contributed by atoms with Gasteiger partial charge in [0.05, 0.1) is 11.9 Å². The smallest absolute Gasteiger partial charge is 0.279 e. The number of nitroso groups, excluding NO2 is 1. The molecular weight excluding hydrogens is 536 g/mol. The Labute approximate surface area is 213 Å². The molecule has 0 amide bonds. The molecule has 8 nitrogen and oxygen atoms in total. The Bertz CT molecular complexity index is 1490. The number of ether oxygens (including phenoxy) is 1. The normalized spacial score (nSPS) is 18.4. The highest BCUT2D eigenvalue weighted by atomic mass is 79.9. The van der Waals surface area contributed by atoms with Crippen molar-refractivity contribution in [3.63, 3.8) is 0 Å². The van der Waals surface area contributed by atoms with Crippen LogP contribution in [0.4, 0.5) is 11.4 Å². The minimum absolute atomic E-state index is 0.171. The van der Waals surface area contributed by atoms with Gasteiger partial charge in [-0.2, -0.15) is 5.10 Å². The van der Waals surface area contributed by atoms with Gasteiger partial charge in [-0.1, -0.05) is 51.8 Å². The summed E-state index contributed by atoms with van der Waals surface area (Å²) in [5.74, 6) is 0.618. The fraction of sp³-hybridized carbons (Fsp3) is 0.120. The molecule has 2 atom stereocenters. The molecule has 3 heterocycles. The number of epoxide rings is 1. The van der Waals surface area contributed by atoms with Crippen molar-refractivity contribution in [2.75, 3.05) is 11.7 Å². The molecular formula is C25H16BrClN4O4. The van der Waals surface area contributed by atoms with E-state index in [1.54, 1.807) is 23.3 Å². The number of aromatic nitrogens is 1. The largest absolute Gasteiger partial charge is 0.797 e. The molecule has 4 aromatic rings. The van der Waals surface area contributed by atoms with E-state index in [1.165, 1.54) is 12.5 Å². The zero-order chi connectivity index (χ0) is 24.1. The first-order valence-corrected chi connectivity index (χ1v) is 11.9. The first-order chi connectivity index (χ1) is 17.0. The Hall–Kier alpha value is -3.37. The molecule has 0 aliphatic carbocycles. The fourth-order valence-corrected chi connectivity index (χ4v) is 4.95. The zero-order valence-corrected chi connectivity index (χ0v) is 20.3. The molecule has 2 unspecified atom stereocenters. The third-order valence-corrected chi connectivity index (χ3v) is 6.59. The summed E-state index contributed by atoms with van der Waals surface area (Å²) in [6, 6.07) is 18.5. The van der Waals surface area contributed by atoms with Crippen LogP contribution in [0.25, 0.3) is 11.3 Å². The van der Waals surface area contributed by atoms with Crippen molar-refractivity contribution < 1.29 is 19.0 Å².